The number of hydrogen-bond acceptors (Lipinski definition) is 2. The molecule has 0 radical (unpaired) electrons. The Morgan fingerprint density at radius 2 is 1.90 bits per heavy atom. The Balaban J connectivity index is 1.97. The maximum absolute atomic E-state index is 12.1. The molecule has 0 saturated heterocycles. The van der Waals surface area contributed by atoms with Gasteiger partial charge in [-0.1, -0.05) is 6.07 Å². The van der Waals surface area contributed by atoms with Gasteiger partial charge < -0.3 is 5.32 Å². The van der Waals surface area contributed by atoms with Gasteiger partial charge in [-0.25, -0.2) is 0 Å². The molecule has 0 atom stereocenters. The van der Waals surface area contributed by atoms with E-state index in [1.54, 1.807) is 0 Å². The summed E-state index contributed by atoms with van der Waals surface area (Å²) in [4.78, 5) is 12.1. The first-order chi connectivity index (χ1) is 9.88. The Morgan fingerprint density at radius 3 is 2.48 bits per heavy atom. The number of aryl methyl sites for hydroxylation is 4. The first-order valence-electron chi connectivity index (χ1n) is 7.24. The average Bonchev–Trinajstić information content (AvgIpc) is 2.66. The lowest BCUT2D eigenvalue weighted by Crippen LogP contribution is -2.13. The molecule has 0 aliphatic carbocycles. The Morgan fingerprint density at radius 1 is 1.19 bits per heavy atom. The van der Waals surface area contributed by atoms with Crippen molar-refractivity contribution in [3.05, 3.63) is 46.3 Å². The summed E-state index contributed by atoms with van der Waals surface area (Å²) in [5, 5.41) is 7.34. The number of nitrogens with one attached hydrogen (secondary N) is 1. The van der Waals surface area contributed by atoms with Crippen LogP contribution in [0.1, 0.15) is 34.5 Å². The zero-order valence-electron chi connectivity index (χ0n) is 13.4. The van der Waals surface area contributed by atoms with Gasteiger partial charge in [0.05, 0.1) is 5.69 Å². The second kappa shape index (κ2) is 6.12. The molecule has 0 unspecified atom stereocenters. The van der Waals surface area contributed by atoms with Crippen LogP contribution in [-0.2, 0) is 18.3 Å². The molecule has 0 spiro atoms. The van der Waals surface area contributed by atoms with Crippen LogP contribution in [0.2, 0.25) is 0 Å². The minimum absolute atomic E-state index is 0.0425. The van der Waals surface area contributed by atoms with Gasteiger partial charge in [-0.3, -0.25) is 9.48 Å². The molecule has 21 heavy (non-hydrogen) atoms. The molecular weight excluding hydrogens is 262 g/mol. The predicted octanol–water partition coefficient (Wildman–Crippen LogP) is 3.23. The summed E-state index contributed by atoms with van der Waals surface area (Å²) in [5.41, 5.74) is 6.59. The van der Waals surface area contributed by atoms with Gasteiger partial charge >= 0.3 is 0 Å². The van der Waals surface area contributed by atoms with Crippen molar-refractivity contribution >= 4 is 11.6 Å². The first kappa shape index (κ1) is 15.3. The third-order valence-corrected chi connectivity index (χ3v) is 4.05. The molecule has 2 aromatic rings. The third-order valence-electron chi connectivity index (χ3n) is 4.05. The van der Waals surface area contributed by atoms with Crippen LogP contribution in [0.25, 0.3) is 0 Å². The molecule has 1 heterocycles. The smallest absolute Gasteiger partial charge is 0.224 e. The number of nitrogens with zero attached hydrogens (tertiary/aromatic N) is 2. The lowest BCUT2D eigenvalue weighted by atomic mass is 10.1. The van der Waals surface area contributed by atoms with Crippen LogP contribution in [0, 0.1) is 27.7 Å². The second-order valence-corrected chi connectivity index (χ2v) is 5.62. The van der Waals surface area contributed by atoms with Crippen molar-refractivity contribution in [3.63, 3.8) is 0 Å². The van der Waals surface area contributed by atoms with Crippen LogP contribution in [0.5, 0.6) is 0 Å². The van der Waals surface area contributed by atoms with Crippen molar-refractivity contribution in [1.82, 2.24) is 9.78 Å². The maximum atomic E-state index is 12.1. The second-order valence-electron chi connectivity index (χ2n) is 5.62. The summed E-state index contributed by atoms with van der Waals surface area (Å²) >= 11 is 0. The number of hydrogen-bond donors (Lipinski definition) is 1. The summed E-state index contributed by atoms with van der Waals surface area (Å²) < 4.78 is 1.87. The van der Waals surface area contributed by atoms with E-state index in [2.05, 4.69) is 17.3 Å². The number of amides is 1. The average molecular weight is 285 g/mol. The van der Waals surface area contributed by atoms with E-state index < -0.39 is 0 Å². The minimum atomic E-state index is 0.0425. The van der Waals surface area contributed by atoms with Gasteiger partial charge in [0.15, 0.2) is 0 Å². The summed E-state index contributed by atoms with van der Waals surface area (Å²) in [6.07, 6.45) is 1.20. The van der Waals surface area contributed by atoms with Crippen LogP contribution < -0.4 is 5.32 Å². The molecule has 112 valence electrons. The molecule has 1 amide bonds. The summed E-state index contributed by atoms with van der Waals surface area (Å²) in [5.74, 6) is 0.0425. The number of anilines is 1. The van der Waals surface area contributed by atoms with Crippen LogP contribution in [-0.4, -0.2) is 15.7 Å². The fourth-order valence-electron chi connectivity index (χ4n) is 2.46. The Kier molecular flexibility index (Phi) is 4.46. The number of aromatic nitrogens is 2. The van der Waals surface area contributed by atoms with Gasteiger partial charge in [0.2, 0.25) is 5.91 Å². The van der Waals surface area contributed by atoms with E-state index in [0.717, 1.165) is 23.5 Å². The zero-order valence-corrected chi connectivity index (χ0v) is 13.4. The Labute approximate surface area is 126 Å². The van der Waals surface area contributed by atoms with Crippen molar-refractivity contribution in [2.75, 3.05) is 5.32 Å². The lowest BCUT2D eigenvalue weighted by Gasteiger charge is -2.08. The van der Waals surface area contributed by atoms with E-state index in [-0.39, 0.29) is 5.91 Å². The van der Waals surface area contributed by atoms with Gasteiger partial charge in [-0.2, -0.15) is 5.10 Å². The normalized spacial score (nSPS) is 10.7. The SMILES string of the molecule is Cc1ccc(NC(=O)CCc2c(C)nn(C)c2C)cc1C. The van der Waals surface area contributed by atoms with Crippen molar-refractivity contribution in [3.8, 4) is 0 Å². The minimum Gasteiger partial charge on any atom is -0.326 e. The summed E-state index contributed by atoms with van der Waals surface area (Å²) in [6, 6.07) is 5.98. The topological polar surface area (TPSA) is 46.9 Å². The van der Waals surface area contributed by atoms with Gasteiger partial charge in [0, 0.05) is 24.8 Å². The molecule has 2 rings (SSSR count). The quantitative estimate of drug-likeness (QED) is 0.937. The Hall–Kier alpha value is -2.10. The van der Waals surface area contributed by atoms with Crippen molar-refractivity contribution < 1.29 is 4.79 Å². The molecule has 4 nitrogen and oxygen atoms in total. The number of carbonyl (C=O) groups is 1. The fraction of sp³-hybridized carbons (Fsp3) is 0.412. The van der Waals surface area contributed by atoms with Crippen LogP contribution >= 0.6 is 0 Å². The first-order valence-corrected chi connectivity index (χ1v) is 7.24. The highest BCUT2D eigenvalue weighted by Gasteiger charge is 2.11. The predicted molar refractivity (Wildman–Crippen MR) is 85.5 cm³/mol. The number of carbonyl (C=O) groups excluding carboxylic acids is 1. The standard InChI is InChI=1S/C17H23N3O/c1-11-6-7-15(10-12(11)2)18-17(21)9-8-16-13(3)19-20(5)14(16)4/h6-7,10H,8-9H2,1-5H3,(H,18,21). The van der Waals surface area contributed by atoms with Crippen LogP contribution in [0.3, 0.4) is 0 Å². The molecule has 0 aliphatic rings. The van der Waals surface area contributed by atoms with E-state index in [1.165, 1.54) is 16.7 Å². The number of rotatable bonds is 4. The monoisotopic (exact) mass is 285 g/mol. The van der Waals surface area contributed by atoms with Crippen molar-refractivity contribution in [2.45, 2.75) is 40.5 Å². The van der Waals surface area contributed by atoms with Crippen LogP contribution in [0.15, 0.2) is 18.2 Å². The van der Waals surface area contributed by atoms with Crippen LogP contribution in [0.4, 0.5) is 5.69 Å². The maximum Gasteiger partial charge on any atom is 0.224 e. The molecule has 1 aromatic heterocycles. The molecule has 1 N–H and O–H groups in total. The molecule has 0 aliphatic heterocycles. The van der Waals surface area contributed by atoms with Gasteiger partial charge in [-0.15, -0.1) is 0 Å². The molecule has 1 aromatic carbocycles. The highest BCUT2D eigenvalue weighted by Crippen LogP contribution is 2.16. The van der Waals surface area contributed by atoms with Crippen molar-refractivity contribution in [2.24, 2.45) is 7.05 Å². The molecule has 0 saturated carbocycles. The van der Waals surface area contributed by atoms with E-state index in [1.807, 2.05) is 50.7 Å². The Bertz CT molecular complexity index is 671. The zero-order chi connectivity index (χ0) is 15.6. The largest absolute Gasteiger partial charge is 0.326 e. The summed E-state index contributed by atoms with van der Waals surface area (Å²) in [6.45, 7) is 8.14. The molecule has 0 bridgehead atoms. The van der Waals surface area contributed by atoms with Gasteiger partial charge in [-0.05, 0) is 62.9 Å². The fourth-order valence-corrected chi connectivity index (χ4v) is 2.46. The van der Waals surface area contributed by atoms with E-state index in [4.69, 9.17) is 0 Å². The highest BCUT2D eigenvalue weighted by atomic mass is 16.1. The van der Waals surface area contributed by atoms with E-state index in [0.29, 0.717) is 6.42 Å². The summed E-state index contributed by atoms with van der Waals surface area (Å²) in [7, 11) is 1.93. The van der Waals surface area contributed by atoms with E-state index in [9.17, 15) is 4.79 Å². The van der Waals surface area contributed by atoms with Crippen molar-refractivity contribution in [1.29, 1.82) is 0 Å². The molecule has 0 fully saturated rings. The van der Waals surface area contributed by atoms with E-state index >= 15 is 0 Å². The van der Waals surface area contributed by atoms with Gasteiger partial charge in [0.1, 0.15) is 0 Å². The number of benzene rings is 1. The molecule has 4 heteroatoms. The lowest BCUT2D eigenvalue weighted by molar-refractivity contribution is -0.116. The highest BCUT2D eigenvalue weighted by molar-refractivity contribution is 5.91. The third kappa shape index (κ3) is 3.51. The molecular formula is C17H23N3O. The van der Waals surface area contributed by atoms with Gasteiger partial charge in [0.25, 0.3) is 0 Å².